The number of nitrogens with zero attached hydrogens (tertiary/aromatic N) is 1. The number of likely N-dealkylation sites (tertiary alicyclic amines) is 1. The number of hydrogen-bond acceptors (Lipinski definition) is 4. The summed E-state index contributed by atoms with van der Waals surface area (Å²) in [5, 5.41) is 3.12. The Morgan fingerprint density at radius 3 is 2.72 bits per heavy atom. The largest absolute Gasteiger partial charge is 0.453 e. The van der Waals surface area contributed by atoms with Crippen molar-refractivity contribution in [3.05, 3.63) is 35.4 Å². The first-order valence-electron chi connectivity index (χ1n) is 8.93. The van der Waals surface area contributed by atoms with Crippen LogP contribution in [0.4, 0.5) is 4.79 Å². The molecule has 1 aromatic rings. The number of carbonyl (C=O) groups excluding carboxylic acids is 2. The number of ether oxygens (including phenoxy) is 1. The van der Waals surface area contributed by atoms with Crippen LogP contribution in [0, 0.1) is 5.92 Å². The predicted molar refractivity (Wildman–Crippen MR) is 99.7 cm³/mol. The first-order chi connectivity index (χ1) is 12.1. The van der Waals surface area contributed by atoms with Crippen LogP contribution in [-0.2, 0) is 16.0 Å². The van der Waals surface area contributed by atoms with Crippen molar-refractivity contribution in [2.45, 2.75) is 37.5 Å². The van der Waals surface area contributed by atoms with Gasteiger partial charge in [0.15, 0.2) is 0 Å². The average molecular weight is 362 g/mol. The van der Waals surface area contributed by atoms with E-state index in [9.17, 15) is 9.59 Å². The van der Waals surface area contributed by atoms with E-state index in [1.54, 1.807) is 16.7 Å². The highest BCUT2D eigenvalue weighted by atomic mass is 32.2. The Hall–Kier alpha value is -1.69. The molecule has 0 radical (unpaired) electrons. The molecule has 1 fully saturated rings. The van der Waals surface area contributed by atoms with Crippen LogP contribution in [0.2, 0.25) is 0 Å². The van der Waals surface area contributed by atoms with Crippen molar-refractivity contribution < 1.29 is 14.3 Å². The molecule has 5 nitrogen and oxygen atoms in total. The first kappa shape index (κ1) is 18.1. The fourth-order valence-electron chi connectivity index (χ4n) is 3.74. The number of thioether (sulfide) groups is 1. The molecule has 0 unspecified atom stereocenters. The number of carbonyl (C=O) groups is 2. The molecular formula is C19H26N2O3S. The molecular weight excluding hydrogens is 336 g/mol. The molecule has 1 aromatic carbocycles. The maximum Gasteiger partial charge on any atom is 0.409 e. The summed E-state index contributed by atoms with van der Waals surface area (Å²) in [7, 11) is 1.41. The minimum atomic E-state index is -0.259. The van der Waals surface area contributed by atoms with E-state index in [4.69, 9.17) is 4.74 Å². The van der Waals surface area contributed by atoms with Crippen LogP contribution >= 0.6 is 11.8 Å². The van der Waals surface area contributed by atoms with E-state index in [-0.39, 0.29) is 23.3 Å². The van der Waals surface area contributed by atoms with Gasteiger partial charge in [-0.2, -0.15) is 0 Å². The molecule has 0 spiro atoms. The third kappa shape index (κ3) is 4.11. The molecule has 6 heteroatoms. The molecule has 2 aliphatic heterocycles. The van der Waals surface area contributed by atoms with E-state index in [0.717, 1.165) is 30.6 Å². The van der Waals surface area contributed by atoms with Gasteiger partial charge in [0.05, 0.1) is 7.11 Å². The normalized spacial score (nSPS) is 22.0. The van der Waals surface area contributed by atoms with Crippen LogP contribution in [0.5, 0.6) is 0 Å². The summed E-state index contributed by atoms with van der Waals surface area (Å²) in [5.41, 5.74) is 2.45. The second-order valence-corrected chi connectivity index (χ2v) is 8.00. The van der Waals surface area contributed by atoms with E-state index in [2.05, 4.69) is 24.4 Å². The van der Waals surface area contributed by atoms with Crippen LogP contribution in [0.1, 0.15) is 36.1 Å². The summed E-state index contributed by atoms with van der Waals surface area (Å²) in [6, 6.07) is 8.37. The Kier molecular flexibility index (Phi) is 5.89. The minimum absolute atomic E-state index is 0.109. The van der Waals surface area contributed by atoms with Crippen LogP contribution in [0.3, 0.4) is 0 Å². The Bertz CT molecular complexity index is 629. The molecule has 25 heavy (non-hydrogen) atoms. The number of aryl methyl sites for hydroxylation is 1. The highest BCUT2D eigenvalue weighted by Crippen LogP contribution is 2.37. The third-order valence-corrected chi connectivity index (χ3v) is 6.52. The standard InChI is InChI=1S/C19H26N2O3S/c1-13(14-7-10-21(11-8-14)19(23)24-2)20-18(22)17-16-6-4-3-5-15(16)9-12-25-17/h3-6,13-14,17H,7-12H2,1-2H3,(H,20,22)/t13-,17-/m1/s1. The molecule has 1 saturated heterocycles. The van der Waals surface area contributed by atoms with E-state index in [1.807, 2.05) is 12.1 Å². The van der Waals surface area contributed by atoms with E-state index < -0.39 is 0 Å². The van der Waals surface area contributed by atoms with Crippen molar-refractivity contribution in [2.24, 2.45) is 5.92 Å². The van der Waals surface area contributed by atoms with Crippen molar-refractivity contribution >= 4 is 23.8 Å². The van der Waals surface area contributed by atoms with Crippen molar-refractivity contribution in [2.75, 3.05) is 26.0 Å². The smallest absolute Gasteiger partial charge is 0.409 e. The number of benzene rings is 1. The van der Waals surface area contributed by atoms with Gasteiger partial charge in [-0.15, -0.1) is 11.8 Å². The van der Waals surface area contributed by atoms with Crippen LogP contribution in [0.15, 0.2) is 24.3 Å². The van der Waals surface area contributed by atoms with Gasteiger partial charge >= 0.3 is 6.09 Å². The Balaban J connectivity index is 1.56. The van der Waals surface area contributed by atoms with Gasteiger partial charge in [0.2, 0.25) is 5.91 Å². The zero-order valence-electron chi connectivity index (χ0n) is 14.9. The lowest BCUT2D eigenvalue weighted by Crippen LogP contribution is -2.46. The molecule has 2 atom stereocenters. The predicted octanol–water partition coefficient (Wildman–Crippen LogP) is 3.00. The summed E-state index contributed by atoms with van der Waals surface area (Å²) in [5.74, 6) is 1.50. The highest BCUT2D eigenvalue weighted by Gasteiger charge is 2.31. The molecule has 136 valence electrons. The summed E-state index contributed by atoms with van der Waals surface area (Å²) in [6.07, 6.45) is 2.56. The minimum Gasteiger partial charge on any atom is -0.453 e. The topological polar surface area (TPSA) is 58.6 Å². The van der Waals surface area contributed by atoms with E-state index in [0.29, 0.717) is 19.0 Å². The number of amides is 2. The molecule has 2 heterocycles. The van der Waals surface area contributed by atoms with Crippen LogP contribution in [0.25, 0.3) is 0 Å². The highest BCUT2D eigenvalue weighted by molar-refractivity contribution is 8.00. The lowest BCUT2D eigenvalue weighted by atomic mass is 9.90. The summed E-state index contributed by atoms with van der Waals surface area (Å²) < 4.78 is 4.78. The van der Waals surface area contributed by atoms with Gasteiger partial charge in [0.1, 0.15) is 5.25 Å². The van der Waals surface area contributed by atoms with Gasteiger partial charge in [0.25, 0.3) is 0 Å². The molecule has 0 bridgehead atoms. The van der Waals surface area contributed by atoms with Gasteiger partial charge in [-0.05, 0) is 49.0 Å². The number of piperidine rings is 1. The second-order valence-electron chi connectivity index (χ2n) is 6.79. The average Bonchev–Trinajstić information content (AvgIpc) is 2.66. The zero-order chi connectivity index (χ0) is 17.8. The second kappa shape index (κ2) is 8.13. The first-order valence-corrected chi connectivity index (χ1v) is 9.97. The zero-order valence-corrected chi connectivity index (χ0v) is 15.7. The van der Waals surface area contributed by atoms with Gasteiger partial charge in [-0.25, -0.2) is 4.79 Å². The number of nitrogens with one attached hydrogen (secondary N) is 1. The maximum atomic E-state index is 12.8. The SMILES string of the molecule is COC(=O)N1CCC([C@@H](C)NC(=O)[C@@H]2SCCc3ccccc32)CC1. The number of rotatable bonds is 3. The lowest BCUT2D eigenvalue weighted by molar-refractivity contribution is -0.121. The Morgan fingerprint density at radius 1 is 1.28 bits per heavy atom. The van der Waals surface area contributed by atoms with Gasteiger partial charge in [-0.1, -0.05) is 24.3 Å². The molecule has 1 N–H and O–H groups in total. The quantitative estimate of drug-likeness (QED) is 0.898. The molecule has 2 amide bonds. The summed E-state index contributed by atoms with van der Waals surface area (Å²) in [6.45, 7) is 3.47. The third-order valence-electron chi connectivity index (χ3n) is 5.28. The Morgan fingerprint density at radius 2 is 2.00 bits per heavy atom. The monoisotopic (exact) mass is 362 g/mol. The van der Waals surface area contributed by atoms with Crippen molar-refractivity contribution in [3.63, 3.8) is 0 Å². The fraction of sp³-hybridized carbons (Fsp3) is 0.579. The summed E-state index contributed by atoms with van der Waals surface area (Å²) >= 11 is 1.73. The molecule has 0 saturated carbocycles. The van der Waals surface area contributed by atoms with E-state index >= 15 is 0 Å². The van der Waals surface area contributed by atoms with Gasteiger partial charge in [-0.3, -0.25) is 4.79 Å². The summed E-state index contributed by atoms with van der Waals surface area (Å²) in [4.78, 5) is 26.1. The van der Waals surface area contributed by atoms with E-state index in [1.165, 1.54) is 12.7 Å². The lowest BCUT2D eigenvalue weighted by Gasteiger charge is -2.35. The fourth-order valence-corrected chi connectivity index (χ4v) is 4.94. The number of methoxy groups -OCH3 is 1. The number of fused-ring (bicyclic) bond motifs is 1. The van der Waals surface area contributed by atoms with Gasteiger partial charge in [0, 0.05) is 19.1 Å². The molecule has 2 aliphatic rings. The molecule has 3 rings (SSSR count). The van der Waals surface area contributed by atoms with Crippen LogP contribution < -0.4 is 5.32 Å². The molecule has 0 aromatic heterocycles. The van der Waals surface area contributed by atoms with Gasteiger partial charge < -0.3 is 15.0 Å². The maximum absolute atomic E-state index is 12.8. The Labute approximate surface area is 153 Å². The van der Waals surface area contributed by atoms with Crippen molar-refractivity contribution in [1.29, 1.82) is 0 Å². The van der Waals surface area contributed by atoms with Crippen molar-refractivity contribution in [1.82, 2.24) is 10.2 Å². The number of hydrogen-bond donors (Lipinski definition) is 1. The molecule has 0 aliphatic carbocycles. The van der Waals surface area contributed by atoms with Crippen molar-refractivity contribution in [3.8, 4) is 0 Å². The van der Waals surface area contributed by atoms with Crippen LogP contribution in [-0.4, -0.2) is 48.9 Å².